The molecule has 0 bridgehead atoms. The molecular weight excluding hydrogens is 271 g/mol. The van der Waals surface area contributed by atoms with Crippen LogP contribution in [0.3, 0.4) is 0 Å². The van der Waals surface area contributed by atoms with E-state index in [0.29, 0.717) is 0 Å². The summed E-state index contributed by atoms with van der Waals surface area (Å²) in [5.74, 6) is -0.175. The van der Waals surface area contributed by atoms with E-state index in [1.165, 1.54) is 11.6 Å². The maximum Gasteiger partial charge on any atom is 0.125 e. The Bertz CT molecular complexity index is 499. The summed E-state index contributed by atoms with van der Waals surface area (Å²) in [6.45, 7) is 5.77. The number of halogens is 1. The van der Waals surface area contributed by atoms with E-state index in [9.17, 15) is 4.39 Å². The molecule has 2 aromatic rings. The largest absolute Gasteiger partial charge is 0.370 e. The fourth-order valence-corrected chi connectivity index (χ4v) is 2.85. The van der Waals surface area contributed by atoms with Gasteiger partial charge in [-0.2, -0.15) is 11.3 Å². The Morgan fingerprint density at radius 2 is 2.15 bits per heavy atom. The number of anilines is 1. The van der Waals surface area contributed by atoms with E-state index < -0.39 is 0 Å². The summed E-state index contributed by atoms with van der Waals surface area (Å²) in [5.41, 5.74) is 2.34. The van der Waals surface area contributed by atoms with Gasteiger partial charge < -0.3 is 10.2 Å². The van der Waals surface area contributed by atoms with Gasteiger partial charge in [0.25, 0.3) is 0 Å². The third-order valence-corrected chi connectivity index (χ3v) is 4.02. The number of hydrogen-bond donors (Lipinski definition) is 1. The average Bonchev–Trinajstić information content (AvgIpc) is 2.96. The smallest absolute Gasteiger partial charge is 0.125 e. The minimum absolute atomic E-state index is 0.175. The van der Waals surface area contributed by atoms with Gasteiger partial charge in [0.15, 0.2) is 0 Å². The van der Waals surface area contributed by atoms with Gasteiger partial charge in [0.05, 0.1) is 0 Å². The van der Waals surface area contributed by atoms with Crippen LogP contribution in [0.15, 0.2) is 41.1 Å². The summed E-state index contributed by atoms with van der Waals surface area (Å²) < 4.78 is 13.2. The van der Waals surface area contributed by atoms with E-state index in [1.807, 2.05) is 6.07 Å². The van der Waals surface area contributed by atoms with Gasteiger partial charge in [-0.25, -0.2) is 4.39 Å². The molecule has 4 heteroatoms. The van der Waals surface area contributed by atoms with E-state index in [0.717, 1.165) is 38.3 Å². The predicted octanol–water partition coefficient (Wildman–Crippen LogP) is 3.55. The fourth-order valence-electron chi connectivity index (χ4n) is 2.15. The zero-order valence-corrected chi connectivity index (χ0v) is 12.6. The lowest BCUT2D eigenvalue weighted by atomic mass is 10.2. The molecule has 2 nitrogen and oxygen atoms in total. The van der Waals surface area contributed by atoms with Crippen LogP contribution in [0.25, 0.3) is 0 Å². The number of nitrogens with zero attached hydrogens (tertiary/aromatic N) is 1. The molecular formula is C16H21FN2S. The Kier molecular flexibility index (Phi) is 6.02. The van der Waals surface area contributed by atoms with Gasteiger partial charge in [0.1, 0.15) is 5.82 Å². The van der Waals surface area contributed by atoms with Crippen molar-refractivity contribution in [1.82, 2.24) is 5.32 Å². The summed E-state index contributed by atoms with van der Waals surface area (Å²) in [4.78, 5) is 2.18. The molecule has 1 heterocycles. The Morgan fingerprint density at radius 1 is 1.25 bits per heavy atom. The van der Waals surface area contributed by atoms with Crippen molar-refractivity contribution < 1.29 is 4.39 Å². The summed E-state index contributed by atoms with van der Waals surface area (Å²) in [6.07, 6.45) is 1.07. The van der Waals surface area contributed by atoms with Gasteiger partial charge in [-0.05, 0) is 60.5 Å². The first-order valence-corrected chi connectivity index (χ1v) is 7.96. The summed E-state index contributed by atoms with van der Waals surface area (Å²) in [5, 5.41) is 7.74. The number of thiophene rings is 1. The molecule has 0 aliphatic rings. The summed E-state index contributed by atoms with van der Waals surface area (Å²) in [6, 6.07) is 8.96. The zero-order chi connectivity index (χ0) is 14.2. The van der Waals surface area contributed by atoms with Crippen LogP contribution in [0.2, 0.25) is 0 Å². The molecule has 0 fully saturated rings. The Labute approximate surface area is 124 Å². The molecule has 0 saturated carbocycles. The summed E-state index contributed by atoms with van der Waals surface area (Å²) >= 11 is 1.74. The number of benzene rings is 1. The quantitative estimate of drug-likeness (QED) is 0.749. The first-order chi connectivity index (χ1) is 9.79. The van der Waals surface area contributed by atoms with Crippen LogP contribution in [0, 0.1) is 5.82 Å². The van der Waals surface area contributed by atoms with E-state index in [2.05, 4.69) is 34.0 Å². The van der Waals surface area contributed by atoms with Gasteiger partial charge in [-0.3, -0.25) is 0 Å². The highest BCUT2D eigenvalue weighted by Crippen LogP contribution is 2.14. The highest BCUT2D eigenvalue weighted by Gasteiger charge is 2.04. The number of nitrogens with one attached hydrogen (secondary N) is 1. The van der Waals surface area contributed by atoms with Gasteiger partial charge in [-0.15, -0.1) is 0 Å². The Balaban J connectivity index is 1.71. The first-order valence-electron chi connectivity index (χ1n) is 7.02. The molecule has 0 saturated heterocycles. The van der Waals surface area contributed by atoms with Crippen LogP contribution in [0.5, 0.6) is 0 Å². The second kappa shape index (κ2) is 8.02. The minimum atomic E-state index is -0.175. The first kappa shape index (κ1) is 15.0. The molecule has 20 heavy (non-hydrogen) atoms. The normalized spacial score (nSPS) is 10.7. The van der Waals surface area contributed by atoms with Crippen molar-refractivity contribution in [3.63, 3.8) is 0 Å². The standard InChI is InChI=1S/C16H21FN2S/c1-2-19(16-5-3-4-15(17)12-16)10-9-18-8-6-14-7-11-20-13-14/h3-5,7,11-13,18H,2,6,8-10H2,1H3. The molecule has 1 aromatic carbocycles. The van der Waals surface area contributed by atoms with Crippen molar-refractivity contribution in [2.75, 3.05) is 31.1 Å². The predicted molar refractivity (Wildman–Crippen MR) is 85.2 cm³/mol. The lowest BCUT2D eigenvalue weighted by Gasteiger charge is -2.23. The molecule has 0 spiro atoms. The minimum Gasteiger partial charge on any atom is -0.370 e. The maximum absolute atomic E-state index is 13.2. The van der Waals surface area contributed by atoms with Gasteiger partial charge >= 0.3 is 0 Å². The second-order valence-corrected chi connectivity index (χ2v) is 5.47. The number of likely N-dealkylation sites (N-methyl/N-ethyl adjacent to an activating group) is 1. The van der Waals surface area contributed by atoms with E-state index in [1.54, 1.807) is 23.5 Å². The highest BCUT2D eigenvalue weighted by atomic mass is 32.1. The zero-order valence-electron chi connectivity index (χ0n) is 11.8. The molecule has 1 aromatic heterocycles. The molecule has 108 valence electrons. The monoisotopic (exact) mass is 292 g/mol. The van der Waals surface area contributed by atoms with Gasteiger partial charge in [0, 0.05) is 25.3 Å². The molecule has 0 radical (unpaired) electrons. The lowest BCUT2D eigenvalue weighted by Crippen LogP contribution is -2.32. The van der Waals surface area contributed by atoms with Crippen molar-refractivity contribution >= 4 is 17.0 Å². The van der Waals surface area contributed by atoms with Crippen LogP contribution in [-0.4, -0.2) is 26.2 Å². The molecule has 0 atom stereocenters. The molecule has 0 amide bonds. The third kappa shape index (κ3) is 4.62. The van der Waals surface area contributed by atoms with E-state index in [-0.39, 0.29) is 5.82 Å². The second-order valence-electron chi connectivity index (χ2n) is 4.69. The Hall–Kier alpha value is -1.39. The van der Waals surface area contributed by atoms with Crippen molar-refractivity contribution in [1.29, 1.82) is 0 Å². The van der Waals surface area contributed by atoms with E-state index >= 15 is 0 Å². The van der Waals surface area contributed by atoms with Crippen molar-refractivity contribution in [3.05, 3.63) is 52.5 Å². The Morgan fingerprint density at radius 3 is 2.85 bits per heavy atom. The molecule has 0 aliphatic carbocycles. The topological polar surface area (TPSA) is 15.3 Å². The third-order valence-electron chi connectivity index (χ3n) is 3.28. The highest BCUT2D eigenvalue weighted by molar-refractivity contribution is 7.07. The maximum atomic E-state index is 13.2. The van der Waals surface area contributed by atoms with Crippen LogP contribution in [0.4, 0.5) is 10.1 Å². The average molecular weight is 292 g/mol. The molecule has 2 rings (SSSR count). The van der Waals surface area contributed by atoms with Crippen molar-refractivity contribution in [2.24, 2.45) is 0 Å². The fraction of sp³-hybridized carbons (Fsp3) is 0.375. The molecule has 1 N–H and O–H groups in total. The molecule has 0 unspecified atom stereocenters. The van der Waals surface area contributed by atoms with Crippen LogP contribution < -0.4 is 10.2 Å². The van der Waals surface area contributed by atoms with Crippen molar-refractivity contribution in [2.45, 2.75) is 13.3 Å². The van der Waals surface area contributed by atoms with E-state index in [4.69, 9.17) is 0 Å². The van der Waals surface area contributed by atoms with Crippen LogP contribution >= 0.6 is 11.3 Å². The summed E-state index contributed by atoms with van der Waals surface area (Å²) in [7, 11) is 0. The number of hydrogen-bond acceptors (Lipinski definition) is 3. The van der Waals surface area contributed by atoms with Crippen LogP contribution in [-0.2, 0) is 6.42 Å². The SMILES string of the molecule is CCN(CCNCCc1ccsc1)c1cccc(F)c1. The van der Waals surface area contributed by atoms with Crippen LogP contribution in [0.1, 0.15) is 12.5 Å². The van der Waals surface area contributed by atoms with Crippen molar-refractivity contribution in [3.8, 4) is 0 Å². The number of rotatable bonds is 8. The van der Waals surface area contributed by atoms with Gasteiger partial charge in [0.2, 0.25) is 0 Å². The van der Waals surface area contributed by atoms with Gasteiger partial charge in [-0.1, -0.05) is 6.07 Å². The molecule has 0 aliphatic heterocycles. The lowest BCUT2D eigenvalue weighted by molar-refractivity contribution is 0.624.